The Morgan fingerprint density at radius 1 is 0.800 bits per heavy atom. The third-order valence-corrected chi connectivity index (χ3v) is 3.00. The molecular formula is C19H27N. The molecule has 0 aliphatic rings. The molecule has 2 aromatic rings. The Kier molecular flexibility index (Phi) is 8.41. The maximum Gasteiger partial charge on any atom is -0.00741 e. The van der Waals surface area contributed by atoms with Gasteiger partial charge in [0.25, 0.3) is 0 Å². The Hall–Kier alpha value is -1.60. The molecule has 0 aromatic heterocycles. The summed E-state index contributed by atoms with van der Waals surface area (Å²) in [6, 6.07) is 21.0. The topological polar surface area (TPSA) is 26.0 Å². The van der Waals surface area contributed by atoms with Crippen LogP contribution in [0.1, 0.15) is 31.4 Å². The molecule has 2 N–H and O–H groups in total. The van der Waals surface area contributed by atoms with E-state index in [0.29, 0.717) is 0 Å². The maximum absolute atomic E-state index is 5.38. The average Bonchev–Trinajstić information content (AvgIpc) is 2.47. The smallest absolute Gasteiger partial charge is 0.00741 e. The minimum absolute atomic E-state index is 0.766. The van der Waals surface area contributed by atoms with Gasteiger partial charge in [-0.15, -0.1) is 0 Å². The number of hydrogen-bond acceptors (Lipinski definition) is 1. The molecule has 0 fully saturated rings. The lowest BCUT2D eigenvalue weighted by molar-refractivity contribution is 0.647. The van der Waals surface area contributed by atoms with Crippen LogP contribution in [0.5, 0.6) is 0 Å². The molecule has 0 amide bonds. The molecule has 0 aliphatic carbocycles. The van der Waals surface area contributed by atoms with E-state index in [-0.39, 0.29) is 0 Å². The highest BCUT2D eigenvalue weighted by molar-refractivity contribution is 5.15. The van der Waals surface area contributed by atoms with Gasteiger partial charge in [0.1, 0.15) is 0 Å². The molecule has 2 rings (SSSR count). The van der Waals surface area contributed by atoms with Crippen LogP contribution in [0.2, 0.25) is 0 Å². The number of hydrogen-bond donors (Lipinski definition) is 1. The van der Waals surface area contributed by atoms with Crippen molar-refractivity contribution in [3.63, 3.8) is 0 Å². The maximum atomic E-state index is 5.38. The molecule has 0 saturated heterocycles. The normalized spacial score (nSPS) is 10.0. The molecule has 0 bridgehead atoms. The molecule has 0 atom stereocenters. The predicted octanol–water partition coefficient (Wildman–Crippen LogP) is 4.46. The predicted molar refractivity (Wildman–Crippen MR) is 88.8 cm³/mol. The first kappa shape index (κ1) is 16.5. The molecule has 0 saturated carbocycles. The lowest BCUT2D eigenvalue weighted by atomic mass is 10.0. The summed E-state index contributed by atoms with van der Waals surface area (Å²) in [6.45, 7) is 5.27. The monoisotopic (exact) mass is 269 g/mol. The van der Waals surface area contributed by atoms with E-state index < -0.39 is 0 Å². The van der Waals surface area contributed by atoms with Crippen molar-refractivity contribution in [3.05, 3.63) is 71.8 Å². The largest absolute Gasteiger partial charge is 0.330 e. The van der Waals surface area contributed by atoms with Crippen LogP contribution < -0.4 is 5.73 Å². The van der Waals surface area contributed by atoms with Crippen molar-refractivity contribution in [1.82, 2.24) is 0 Å². The zero-order chi connectivity index (χ0) is 14.6. The van der Waals surface area contributed by atoms with Crippen LogP contribution in [0.3, 0.4) is 0 Å². The van der Waals surface area contributed by atoms with Crippen LogP contribution in [-0.2, 0) is 12.8 Å². The Bertz CT molecular complexity index is 434. The summed E-state index contributed by atoms with van der Waals surface area (Å²) >= 11 is 0. The first-order chi connectivity index (χ1) is 9.72. The molecule has 0 spiro atoms. The van der Waals surface area contributed by atoms with Crippen molar-refractivity contribution >= 4 is 0 Å². The molecule has 0 radical (unpaired) electrons. The molecule has 0 unspecified atom stereocenters. The summed E-state index contributed by atoms with van der Waals surface area (Å²) in [4.78, 5) is 0. The fraction of sp³-hybridized carbons (Fsp3) is 0.368. The van der Waals surface area contributed by atoms with Crippen LogP contribution in [0.25, 0.3) is 0 Å². The van der Waals surface area contributed by atoms with Gasteiger partial charge >= 0.3 is 0 Å². The van der Waals surface area contributed by atoms with Crippen LogP contribution in [0.15, 0.2) is 60.7 Å². The molecule has 0 aliphatic heterocycles. The van der Waals surface area contributed by atoms with Gasteiger partial charge in [-0.1, -0.05) is 74.5 Å². The molecule has 0 heterocycles. The van der Waals surface area contributed by atoms with E-state index in [2.05, 4.69) is 68.4 Å². The third kappa shape index (κ3) is 7.75. The zero-order valence-electron chi connectivity index (χ0n) is 12.8. The van der Waals surface area contributed by atoms with Gasteiger partial charge in [0.15, 0.2) is 0 Å². The van der Waals surface area contributed by atoms with Gasteiger partial charge in [-0.2, -0.15) is 0 Å². The molecule has 108 valence electrons. The van der Waals surface area contributed by atoms with E-state index in [4.69, 9.17) is 5.73 Å². The van der Waals surface area contributed by atoms with Crippen LogP contribution in [-0.4, -0.2) is 6.54 Å². The lowest BCUT2D eigenvalue weighted by Crippen LogP contribution is -1.99. The number of nitrogens with two attached hydrogens (primary N) is 1. The number of benzene rings is 2. The van der Waals surface area contributed by atoms with Gasteiger partial charge in [0.2, 0.25) is 0 Å². The molecule has 1 nitrogen and oxygen atoms in total. The van der Waals surface area contributed by atoms with Crippen LogP contribution in [0, 0.1) is 5.92 Å². The highest BCUT2D eigenvalue weighted by Gasteiger charge is 1.94. The highest BCUT2D eigenvalue weighted by Crippen LogP contribution is 2.06. The van der Waals surface area contributed by atoms with Crippen molar-refractivity contribution in [3.8, 4) is 0 Å². The molecule has 2 aromatic carbocycles. The van der Waals surface area contributed by atoms with Gasteiger partial charge in [-0.05, 0) is 42.9 Å². The van der Waals surface area contributed by atoms with Gasteiger partial charge in [0.05, 0.1) is 0 Å². The second-order valence-corrected chi connectivity index (χ2v) is 5.46. The van der Waals surface area contributed by atoms with Gasteiger partial charge in [-0.3, -0.25) is 0 Å². The van der Waals surface area contributed by atoms with E-state index in [0.717, 1.165) is 25.3 Å². The van der Waals surface area contributed by atoms with Gasteiger partial charge in [0, 0.05) is 0 Å². The minimum atomic E-state index is 0.766. The zero-order valence-corrected chi connectivity index (χ0v) is 12.8. The van der Waals surface area contributed by atoms with E-state index in [1.54, 1.807) is 0 Å². The Labute approximate surface area is 123 Å². The number of aryl methyl sites for hydroxylation is 1. The van der Waals surface area contributed by atoms with Gasteiger partial charge in [-0.25, -0.2) is 0 Å². The van der Waals surface area contributed by atoms with Crippen LogP contribution in [0.4, 0.5) is 0 Å². The SMILES string of the molecule is CC(C)Cc1ccccc1.NCCCc1ccccc1. The summed E-state index contributed by atoms with van der Waals surface area (Å²) in [5, 5.41) is 0. The van der Waals surface area contributed by atoms with Crippen molar-refractivity contribution < 1.29 is 0 Å². The third-order valence-electron chi connectivity index (χ3n) is 3.00. The van der Waals surface area contributed by atoms with Crippen molar-refractivity contribution in [1.29, 1.82) is 0 Å². The minimum Gasteiger partial charge on any atom is -0.330 e. The number of rotatable bonds is 5. The standard InChI is InChI=1S/C10H14.C9H13N/c1-9(2)8-10-6-4-3-5-7-10;10-8-4-7-9-5-2-1-3-6-9/h3-7,9H,8H2,1-2H3;1-3,5-6H,4,7-8,10H2. The Morgan fingerprint density at radius 2 is 1.30 bits per heavy atom. The lowest BCUT2D eigenvalue weighted by Gasteiger charge is -2.02. The summed E-state index contributed by atoms with van der Waals surface area (Å²) in [7, 11) is 0. The molecular weight excluding hydrogens is 242 g/mol. The fourth-order valence-corrected chi connectivity index (χ4v) is 2.04. The first-order valence-corrected chi connectivity index (χ1v) is 7.50. The molecule has 20 heavy (non-hydrogen) atoms. The Balaban J connectivity index is 0.000000200. The van der Waals surface area contributed by atoms with Gasteiger partial charge < -0.3 is 5.73 Å². The van der Waals surface area contributed by atoms with Crippen molar-refractivity contribution in [2.75, 3.05) is 6.54 Å². The van der Waals surface area contributed by atoms with E-state index >= 15 is 0 Å². The summed E-state index contributed by atoms with van der Waals surface area (Å²) in [5.74, 6) is 0.766. The summed E-state index contributed by atoms with van der Waals surface area (Å²) < 4.78 is 0. The van der Waals surface area contributed by atoms with E-state index in [1.165, 1.54) is 17.5 Å². The van der Waals surface area contributed by atoms with Crippen LogP contribution >= 0.6 is 0 Å². The van der Waals surface area contributed by atoms with E-state index in [1.807, 2.05) is 6.07 Å². The summed E-state index contributed by atoms with van der Waals surface area (Å²) in [5.41, 5.74) is 8.20. The second-order valence-electron chi connectivity index (χ2n) is 5.46. The molecule has 1 heteroatoms. The highest BCUT2D eigenvalue weighted by atomic mass is 14.5. The summed E-state index contributed by atoms with van der Waals surface area (Å²) in [6.07, 6.45) is 3.39. The Morgan fingerprint density at radius 3 is 1.75 bits per heavy atom. The average molecular weight is 269 g/mol. The van der Waals surface area contributed by atoms with Crippen molar-refractivity contribution in [2.24, 2.45) is 11.7 Å². The van der Waals surface area contributed by atoms with Crippen molar-refractivity contribution in [2.45, 2.75) is 33.1 Å². The van der Waals surface area contributed by atoms with E-state index in [9.17, 15) is 0 Å². The quantitative estimate of drug-likeness (QED) is 0.852. The second kappa shape index (κ2) is 10.2. The fourth-order valence-electron chi connectivity index (χ4n) is 2.04. The first-order valence-electron chi connectivity index (χ1n) is 7.50.